The molecule has 1 saturated carbocycles. The molecule has 102 valence electrons. The van der Waals surface area contributed by atoms with E-state index in [-0.39, 0.29) is 0 Å². The Bertz CT molecular complexity index is 195. The molecule has 0 aliphatic heterocycles. The van der Waals surface area contributed by atoms with Gasteiger partial charge in [0, 0.05) is 19.2 Å². The second-order valence-electron chi connectivity index (χ2n) is 6.33. The molecule has 0 aromatic heterocycles. The van der Waals surface area contributed by atoms with Gasteiger partial charge in [-0.2, -0.15) is 0 Å². The molecule has 2 heteroatoms. The lowest BCUT2D eigenvalue weighted by molar-refractivity contribution is 0.129. The maximum absolute atomic E-state index is 5.30. The summed E-state index contributed by atoms with van der Waals surface area (Å²) in [6.07, 6.45) is 5.48. The lowest BCUT2D eigenvalue weighted by atomic mass is 9.79. The summed E-state index contributed by atoms with van der Waals surface area (Å²) in [5, 5.41) is 3.79. The van der Waals surface area contributed by atoms with Crippen LogP contribution >= 0.6 is 0 Å². The second kappa shape index (κ2) is 7.38. The van der Waals surface area contributed by atoms with Crippen molar-refractivity contribution in [2.45, 2.75) is 65.5 Å². The van der Waals surface area contributed by atoms with E-state index in [2.05, 4.69) is 33.0 Å². The number of nitrogens with one attached hydrogen (secondary N) is 1. The summed E-state index contributed by atoms with van der Waals surface area (Å²) in [5.41, 5.74) is 0. The van der Waals surface area contributed by atoms with Crippen molar-refractivity contribution in [1.29, 1.82) is 0 Å². The fourth-order valence-electron chi connectivity index (χ4n) is 2.87. The van der Waals surface area contributed by atoms with Crippen molar-refractivity contribution in [2.24, 2.45) is 17.8 Å². The third-order valence-corrected chi connectivity index (χ3v) is 4.32. The standard InChI is InChI=1S/C15H31NO/c1-11(2)13-6-8-14(9-7-13)16-15(10-17-5)12(3)4/h11-16H,6-10H2,1-5H3. The largest absolute Gasteiger partial charge is 0.383 e. The van der Waals surface area contributed by atoms with Gasteiger partial charge in [-0.3, -0.25) is 0 Å². The van der Waals surface area contributed by atoms with E-state index >= 15 is 0 Å². The summed E-state index contributed by atoms with van der Waals surface area (Å²) < 4.78 is 5.30. The van der Waals surface area contributed by atoms with Crippen LogP contribution in [-0.2, 0) is 4.74 Å². The van der Waals surface area contributed by atoms with Crippen LogP contribution in [0, 0.1) is 17.8 Å². The summed E-state index contributed by atoms with van der Waals surface area (Å²) in [7, 11) is 1.80. The molecular weight excluding hydrogens is 210 g/mol. The Morgan fingerprint density at radius 1 is 1.06 bits per heavy atom. The molecule has 0 radical (unpaired) electrons. The summed E-state index contributed by atoms with van der Waals surface area (Å²) in [4.78, 5) is 0. The Hall–Kier alpha value is -0.0800. The van der Waals surface area contributed by atoms with Crippen LogP contribution in [0.1, 0.15) is 53.4 Å². The predicted octanol–water partition coefficient (Wildman–Crippen LogP) is 3.46. The number of methoxy groups -OCH3 is 1. The molecule has 1 rings (SSSR count). The minimum absolute atomic E-state index is 0.514. The molecule has 1 atom stereocenters. The van der Waals surface area contributed by atoms with Crippen molar-refractivity contribution in [3.63, 3.8) is 0 Å². The maximum atomic E-state index is 5.30. The highest BCUT2D eigenvalue weighted by Crippen LogP contribution is 2.30. The SMILES string of the molecule is COCC(NC1CCC(C(C)C)CC1)C(C)C. The molecular formula is C15H31NO. The molecule has 0 aromatic carbocycles. The van der Waals surface area contributed by atoms with Gasteiger partial charge in [-0.25, -0.2) is 0 Å². The quantitative estimate of drug-likeness (QED) is 0.769. The van der Waals surface area contributed by atoms with Crippen molar-refractivity contribution in [3.05, 3.63) is 0 Å². The Kier molecular flexibility index (Phi) is 6.50. The zero-order valence-corrected chi connectivity index (χ0v) is 12.3. The van der Waals surface area contributed by atoms with Gasteiger partial charge >= 0.3 is 0 Å². The van der Waals surface area contributed by atoms with Crippen LogP contribution in [-0.4, -0.2) is 25.8 Å². The van der Waals surface area contributed by atoms with Crippen LogP contribution in [0.15, 0.2) is 0 Å². The molecule has 1 aliphatic carbocycles. The minimum Gasteiger partial charge on any atom is -0.383 e. The van der Waals surface area contributed by atoms with Gasteiger partial charge in [0.1, 0.15) is 0 Å². The molecule has 0 bridgehead atoms. The van der Waals surface area contributed by atoms with E-state index in [9.17, 15) is 0 Å². The lowest BCUT2D eigenvalue weighted by Crippen LogP contribution is -2.45. The van der Waals surface area contributed by atoms with Gasteiger partial charge in [-0.15, -0.1) is 0 Å². The van der Waals surface area contributed by atoms with Crippen LogP contribution in [0.4, 0.5) is 0 Å². The summed E-state index contributed by atoms with van der Waals surface area (Å²) in [5.74, 6) is 2.46. The van der Waals surface area contributed by atoms with Crippen LogP contribution in [0.3, 0.4) is 0 Å². The average molecular weight is 241 g/mol. The smallest absolute Gasteiger partial charge is 0.0618 e. The van der Waals surface area contributed by atoms with Crippen LogP contribution in [0.25, 0.3) is 0 Å². The third kappa shape index (κ3) is 4.97. The average Bonchev–Trinajstić information content (AvgIpc) is 2.29. The Balaban J connectivity index is 2.33. The van der Waals surface area contributed by atoms with Crippen LogP contribution < -0.4 is 5.32 Å². The monoisotopic (exact) mass is 241 g/mol. The molecule has 0 heterocycles. The molecule has 0 aromatic rings. The number of hydrogen-bond donors (Lipinski definition) is 1. The summed E-state index contributed by atoms with van der Waals surface area (Å²) in [6.45, 7) is 10.1. The highest BCUT2D eigenvalue weighted by atomic mass is 16.5. The highest BCUT2D eigenvalue weighted by molar-refractivity contribution is 4.82. The maximum Gasteiger partial charge on any atom is 0.0618 e. The minimum atomic E-state index is 0.514. The van der Waals surface area contributed by atoms with Crippen molar-refractivity contribution in [2.75, 3.05) is 13.7 Å². The first-order valence-corrected chi connectivity index (χ1v) is 7.29. The van der Waals surface area contributed by atoms with E-state index in [1.54, 1.807) is 7.11 Å². The van der Waals surface area contributed by atoms with Gasteiger partial charge in [0.25, 0.3) is 0 Å². The molecule has 1 unspecified atom stereocenters. The molecule has 0 saturated heterocycles. The van der Waals surface area contributed by atoms with Gasteiger partial charge in [0.2, 0.25) is 0 Å². The zero-order chi connectivity index (χ0) is 12.8. The molecule has 0 amide bonds. The van der Waals surface area contributed by atoms with Gasteiger partial charge in [-0.1, -0.05) is 27.7 Å². The Labute approximate surface area is 108 Å². The first-order valence-electron chi connectivity index (χ1n) is 7.29. The fraction of sp³-hybridized carbons (Fsp3) is 1.00. The molecule has 17 heavy (non-hydrogen) atoms. The van der Waals surface area contributed by atoms with Crippen molar-refractivity contribution < 1.29 is 4.74 Å². The Morgan fingerprint density at radius 3 is 2.06 bits per heavy atom. The lowest BCUT2D eigenvalue weighted by Gasteiger charge is -2.34. The van der Waals surface area contributed by atoms with E-state index in [1.807, 2.05) is 0 Å². The van der Waals surface area contributed by atoms with Crippen molar-refractivity contribution in [1.82, 2.24) is 5.32 Å². The third-order valence-electron chi connectivity index (χ3n) is 4.32. The first kappa shape index (κ1) is 15.0. The van der Waals surface area contributed by atoms with Gasteiger partial charge < -0.3 is 10.1 Å². The topological polar surface area (TPSA) is 21.3 Å². The summed E-state index contributed by atoms with van der Waals surface area (Å²) in [6, 6.07) is 1.23. The zero-order valence-electron chi connectivity index (χ0n) is 12.3. The number of rotatable bonds is 6. The van der Waals surface area contributed by atoms with E-state index < -0.39 is 0 Å². The normalized spacial score (nSPS) is 27.7. The predicted molar refractivity (Wildman–Crippen MR) is 74.2 cm³/mol. The number of ether oxygens (including phenoxy) is 1. The van der Waals surface area contributed by atoms with Crippen LogP contribution in [0.5, 0.6) is 0 Å². The van der Waals surface area contributed by atoms with E-state index in [1.165, 1.54) is 25.7 Å². The fourth-order valence-corrected chi connectivity index (χ4v) is 2.87. The van der Waals surface area contributed by atoms with E-state index in [4.69, 9.17) is 4.74 Å². The van der Waals surface area contributed by atoms with Crippen molar-refractivity contribution >= 4 is 0 Å². The molecule has 1 N–H and O–H groups in total. The van der Waals surface area contributed by atoms with Gasteiger partial charge in [-0.05, 0) is 43.4 Å². The number of hydrogen-bond acceptors (Lipinski definition) is 2. The molecule has 1 fully saturated rings. The molecule has 2 nitrogen and oxygen atoms in total. The summed E-state index contributed by atoms with van der Waals surface area (Å²) >= 11 is 0. The first-order chi connectivity index (χ1) is 8.04. The van der Waals surface area contributed by atoms with Crippen molar-refractivity contribution in [3.8, 4) is 0 Å². The van der Waals surface area contributed by atoms with Gasteiger partial charge in [0.15, 0.2) is 0 Å². The molecule has 1 aliphatic rings. The second-order valence-corrected chi connectivity index (χ2v) is 6.33. The molecule has 0 spiro atoms. The van der Waals surface area contributed by atoms with E-state index in [0.29, 0.717) is 18.0 Å². The van der Waals surface area contributed by atoms with Gasteiger partial charge in [0.05, 0.1) is 6.61 Å². The Morgan fingerprint density at radius 2 is 1.65 bits per heavy atom. The van der Waals surface area contributed by atoms with Crippen LogP contribution in [0.2, 0.25) is 0 Å². The highest BCUT2D eigenvalue weighted by Gasteiger charge is 2.25. The van der Waals surface area contributed by atoms with E-state index in [0.717, 1.165) is 18.4 Å².